The molecule has 0 aliphatic heterocycles. The summed E-state index contributed by atoms with van der Waals surface area (Å²) in [6.45, 7) is 4.56. The van der Waals surface area contributed by atoms with E-state index in [0.29, 0.717) is 22.9 Å². The van der Waals surface area contributed by atoms with Gasteiger partial charge in [0.25, 0.3) is 5.56 Å². The van der Waals surface area contributed by atoms with E-state index >= 15 is 0 Å². The largest absolute Gasteiger partial charge is 0.369 e. The van der Waals surface area contributed by atoms with Crippen LogP contribution in [0.5, 0.6) is 0 Å². The second-order valence-electron chi connectivity index (χ2n) is 5.14. The Morgan fingerprint density at radius 3 is 2.67 bits per heavy atom. The number of hydrogen-bond donors (Lipinski definition) is 2. The minimum atomic E-state index is -0.520. The summed E-state index contributed by atoms with van der Waals surface area (Å²) in [5.74, 6) is -0.134. The van der Waals surface area contributed by atoms with Gasteiger partial charge in [0, 0.05) is 13.6 Å². The van der Waals surface area contributed by atoms with E-state index in [-0.39, 0.29) is 11.7 Å². The van der Waals surface area contributed by atoms with Crippen LogP contribution in [0.4, 0.5) is 0 Å². The Kier molecular flexibility index (Phi) is 4.21. The smallest absolute Gasteiger partial charge is 0.329 e. The quantitative estimate of drug-likeness (QED) is 0.733. The Bertz CT molecular complexity index is 802. The van der Waals surface area contributed by atoms with Gasteiger partial charge < -0.3 is 10.3 Å². The summed E-state index contributed by atoms with van der Waals surface area (Å²) in [4.78, 5) is 41.2. The van der Waals surface area contributed by atoms with E-state index in [1.165, 1.54) is 11.6 Å². The van der Waals surface area contributed by atoms with Crippen LogP contribution in [-0.2, 0) is 18.4 Å². The van der Waals surface area contributed by atoms with Gasteiger partial charge in [-0.2, -0.15) is 0 Å². The normalized spacial score (nSPS) is 11.4. The van der Waals surface area contributed by atoms with E-state index in [0.717, 1.165) is 11.8 Å². The molecule has 2 aromatic heterocycles. The number of rotatable bonds is 5. The lowest BCUT2D eigenvalue weighted by atomic mass is 10.2. The number of imidazole rings is 1. The molecule has 0 spiro atoms. The first-order valence-electron chi connectivity index (χ1n) is 6.42. The average Bonchev–Trinajstić information content (AvgIpc) is 2.72. The molecule has 2 aromatic rings. The second-order valence-corrected chi connectivity index (χ2v) is 6.09. The van der Waals surface area contributed by atoms with Crippen LogP contribution >= 0.6 is 11.8 Å². The molecule has 9 heteroatoms. The predicted molar refractivity (Wildman–Crippen MR) is 80.4 cm³/mol. The molecule has 0 aliphatic carbocycles. The molecule has 0 radical (unpaired) electrons. The number of nitrogens with two attached hydrogens (primary N) is 1. The van der Waals surface area contributed by atoms with E-state index in [1.54, 1.807) is 4.57 Å². The molecule has 2 heterocycles. The van der Waals surface area contributed by atoms with Crippen LogP contribution in [-0.4, -0.2) is 30.8 Å². The number of aryl methyl sites for hydroxylation is 1. The molecule has 0 bridgehead atoms. The van der Waals surface area contributed by atoms with Crippen LogP contribution in [0, 0.1) is 5.92 Å². The highest BCUT2D eigenvalue weighted by atomic mass is 32.2. The van der Waals surface area contributed by atoms with E-state index in [4.69, 9.17) is 5.73 Å². The number of amides is 1. The predicted octanol–water partition coefficient (Wildman–Crippen LogP) is -0.343. The standard InChI is InChI=1S/C12H17N5O3S/c1-6(2)4-17-8-9(14-12(17)21-5-7(13)18)16(3)11(20)15-10(8)19/h6H,4-5H2,1-3H3,(H2,13,18)(H,15,19,20). The van der Waals surface area contributed by atoms with Crippen molar-refractivity contribution >= 4 is 28.8 Å². The highest BCUT2D eigenvalue weighted by Crippen LogP contribution is 2.22. The molecular formula is C12H17N5O3S. The van der Waals surface area contributed by atoms with Crippen molar-refractivity contribution in [2.24, 2.45) is 18.7 Å². The van der Waals surface area contributed by atoms with Crippen LogP contribution in [0.15, 0.2) is 14.7 Å². The number of aromatic amines is 1. The van der Waals surface area contributed by atoms with Gasteiger partial charge in [0.1, 0.15) is 0 Å². The molecule has 114 valence electrons. The molecule has 2 rings (SSSR count). The van der Waals surface area contributed by atoms with Crippen molar-refractivity contribution < 1.29 is 4.79 Å². The van der Waals surface area contributed by atoms with Gasteiger partial charge in [-0.15, -0.1) is 0 Å². The summed E-state index contributed by atoms with van der Waals surface area (Å²) >= 11 is 1.16. The topological polar surface area (TPSA) is 116 Å². The molecule has 8 nitrogen and oxygen atoms in total. The number of primary amides is 1. The zero-order valence-electron chi connectivity index (χ0n) is 12.0. The molecule has 3 N–H and O–H groups in total. The lowest BCUT2D eigenvalue weighted by molar-refractivity contribution is -0.115. The molecule has 0 aromatic carbocycles. The number of aromatic nitrogens is 4. The molecule has 0 saturated heterocycles. The first-order chi connectivity index (χ1) is 9.81. The fourth-order valence-electron chi connectivity index (χ4n) is 1.99. The van der Waals surface area contributed by atoms with Crippen molar-refractivity contribution in [1.82, 2.24) is 19.1 Å². The van der Waals surface area contributed by atoms with Gasteiger partial charge in [-0.3, -0.25) is 19.1 Å². The van der Waals surface area contributed by atoms with E-state index in [2.05, 4.69) is 9.97 Å². The van der Waals surface area contributed by atoms with Crippen molar-refractivity contribution in [2.45, 2.75) is 25.5 Å². The summed E-state index contributed by atoms with van der Waals surface area (Å²) in [7, 11) is 1.54. The number of nitrogens with one attached hydrogen (secondary N) is 1. The third-order valence-electron chi connectivity index (χ3n) is 2.86. The molecule has 0 fully saturated rings. The minimum absolute atomic E-state index is 0.0628. The van der Waals surface area contributed by atoms with Gasteiger partial charge >= 0.3 is 5.69 Å². The summed E-state index contributed by atoms with van der Waals surface area (Å²) < 4.78 is 3.01. The van der Waals surface area contributed by atoms with Crippen LogP contribution in [0.1, 0.15) is 13.8 Å². The highest BCUT2D eigenvalue weighted by molar-refractivity contribution is 7.99. The Morgan fingerprint density at radius 1 is 1.43 bits per heavy atom. The summed E-state index contributed by atoms with van der Waals surface area (Å²) in [6.07, 6.45) is 0. The van der Waals surface area contributed by atoms with Crippen LogP contribution in [0.3, 0.4) is 0 Å². The first kappa shape index (κ1) is 15.4. The van der Waals surface area contributed by atoms with Gasteiger partial charge in [-0.25, -0.2) is 9.78 Å². The van der Waals surface area contributed by atoms with Crippen molar-refractivity contribution in [1.29, 1.82) is 0 Å². The van der Waals surface area contributed by atoms with Crippen LogP contribution < -0.4 is 17.0 Å². The van der Waals surface area contributed by atoms with Crippen LogP contribution in [0.25, 0.3) is 11.2 Å². The van der Waals surface area contributed by atoms with E-state index in [1.807, 2.05) is 13.8 Å². The highest BCUT2D eigenvalue weighted by Gasteiger charge is 2.18. The minimum Gasteiger partial charge on any atom is -0.369 e. The summed E-state index contributed by atoms with van der Waals surface area (Å²) in [5.41, 5.74) is 4.78. The maximum Gasteiger partial charge on any atom is 0.329 e. The molecule has 0 aliphatic rings. The molecule has 0 atom stereocenters. The Hall–Kier alpha value is -2.03. The molecule has 1 amide bonds. The van der Waals surface area contributed by atoms with Crippen molar-refractivity contribution in [3.05, 3.63) is 20.8 Å². The third-order valence-corrected chi connectivity index (χ3v) is 3.86. The Morgan fingerprint density at radius 2 is 2.10 bits per heavy atom. The lowest BCUT2D eigenvalue weighted by Crippen LogP contribution is -2.29. The average molecular weight is 311 g/mol. The number of H-pyrrole nitrogens is 1. The number of hydrogen-bond acceptors (Lipinski definition) is 5. The maximum atomic E-state index is 12.1. The monoisotopic (exact) mass is 311 g/mol. The van der Waals surface area contributed by atoms with Crippen molar-refractivity contribution in [3.63, 3.8) is 0 Å². The zero-order valence-corrected chi connectivity index (χ0v) is 12.9. The van der Waals surface area contributed by atoms with Crippen molar-refractivity contribution in [2.75, 3.05) is 5.75 Å². The summed E-state index contributed by atoms with van der Waals surface area (Å²) in [5, 5.41) is 0.504. The van der Waals surface area contributed by atoms with Gasteiger partial charge in [-0.1, -0.05) is 25.6 Å². The molecule has 0 unspecified atom stereocenters. The summed E-state index contributed by atoms with van der Waals surface area (Å²) in [6, 6.07) is 0. The Labute approximate surface area is 124 Å². The van der Waals surface area contributed by atoms with Gasteiger partial charge in [0.05, 0.1) is 5.75 Å². The van der Waals surface area contributed by atoms with Gasteiger partial charge in [-0.05, 0) is 5.92 Å². The van der Waals surface area contributed by atoms with Gasteiger partial charge in [0.15, 0.2) is 16.3 Å². The lowest BCUT2D eigenvalue weighted by Gasteiger charge is -2.10. The van der Waals surface area contributed by atoms with Crippen molar-refractivity contribution in [3.8, 4) is 0 Å². The number of carbonyl (C=O) groups excluding carboxylic acids is 1. The second kappa shape index (κ2) is 5.76. The zero-order chi connectivity index (χ0) is 15.7. The van der Waals surface area contributed by atoms with Crippen LogP contribution in [0.2, 0.25) is 0 Å². The molecular weight excluding hydrogens is 294 g/mol. The fourth-order valence-corrected chi connectivity index (χ4v) is 2.74. The Balaban J connectivity index is 2.69. The number of carbonyl (C=O) groups is 1. The van der Waals surface area contributed by atoms with E-state index in [9.17, 15) is 14.4 Å². The number of nitrogens with zero attached hydrogens (tertiary/aromatic N) is 3. The third kappa shape index (κ3) is 3.02. The maximum absolute atomic E-state index is 12.1. The van der Waals surface area contributed by atoms with Gasteiger partial charge in [0.2, 0.25) is 5.91 Å². The SMILES string of the molecule is CC(C)Cn1c(SCC(N)=O)nc2c1c(=O)[nH]c(=O)n2C. The fraction of sp³-hybridized carbons (Fsp3) is 0.500. The molecule has 0 saturated carbocycles. The molecule has 21 heavy (non-hydrogen) atoms. The van der Waals surface area contributed by atoms with E-state index < -0.39 is 17.2 Å². The number of fused-ring (bicyclic) bond motifs is 1. The number of thioether (sulfide) groups is 1. The first-order valence-corrected chi connectivity index (χ1v) is 7.40.